The number of rotatable bonds is 0. The normalized spacial score (nSPS) is 9.00. The number of halogens is 3. The Labute approximate surface area is 115 Å². The van der Waals surface area contributed by atoms with Crippen LogP contribution in [0.4, 0.5) is 0 Å². The quantitative estimate of drug-likeness (QED) is 0.492. The molecule has 2 nitrogen and oxygen atoms in total. The number of pyridine rings is 2. The highest BCUT2D eigenvalue weighted by Crippen LogP contribution is 2.08. The van der Waals surface area contributed by atoms with Crippen LogP contribution in [0.3, 0.4) is 0 Å². The van der Waals surface area contributed by atoms with Crippen molar-refractivity contribution in [2.75, 3.05) is 0 Å². The topological polar surface area (TPSA) is 25.8 Å². The van der Waals surface area contributed by atoms with Crippen molar-refractivity contribution in [3.8, 4) is 0 Å². The number of aromatic nitrogens is 2. The molecule has 0 aliphatic carbocycles. The molecule has 0 aliphatic rings. The van der Waals surface area contributed by atoms with Crippen LogP contribution in [-0.4, -0.2) is 9.97 Å². The van der Waals surface area contributed by atoms with E-state index in [1.807, 2.05) is 30.3 Å². The molecule has 2 aromatic heterocycles. The van der Waals surface area contributed by atoms with Gasteiger partial charge >= 0.3 is 0 Å². The van der Waals surface area contributed by atoms with Gasteiger partial charge in [-0.05, 0) is 62.8 Å². The van der Waals surface area contributed by atoms with Crippen molar-refractivity contribution in [3.63, 3.8) is 0 Å². The third-order valence-corrected chi connectivity index (χ3v) is 2.66. The summed E-state index contributed by atoms with van der Waals surface area (Å²) in [6.45, 7) is 0. The summed E-state index contributed by atoms with van der Waals surface area (Å²) in [6.07, 6.45) is 3.42. The van der Waals surface area contributed by atoms with E-state index in [9.17, 15) is 0 Å². The Morgan fingerprint density at radius 1 is 1.13 bits per heavy atom. The van der Waals surface area contributed by atoms with E-state index in [0.717, 1.165) is 8.17 Å². The van der Waals surface area contributed by atoms with Crippen LogP contribution >= 0.6 is 50.1 Å². The molecule has 2 aromatic rings. The zero-order valence-corrected chi connectivity index (χ0v) is 12.1. The van der Waals surface area contributed by atoms with Crippen LogP contribution in [0.25, 0.3) is 0 Å². The molecule has 0 fully saturated rings. The van der Waals surface area contributed by atoms with Crippen molar-refractivity contribution < 1.29 is 0 Å². The van der Waals surface area contributed by atoms with E-state index in [-0.39, 0.29) is 0 Å². The van der Waals surface area contributed by atoms with Crippen molar-refractivity contribution in [2.24, 2.45) is 0 Å². The molecule has 0 spiro atoms. The summed E-state index contributed by atoms with van der Waals surface area (Å²) in [5, 5.41) is 0.553. The molecule has 0 unspecified atom stereocenters. The molecular weight excluding hydrogens is 390 g/mol. The second-order valence-corrected chi connectivity index (χ2v) is 4.89. The Balaban J connectivity index is 0.000000151. The fourth-order valence-electron chi connectivity index (χ4n) is 0.721. The van der Waals surface area contributed by atoms with E-state index in [1.165, 1.54) is 0 Å². The van der Waals surface area contributed by atoms with Crippen LogP contribution in [0.5, 0.6) is 0 Å². The van der Waals surface area contributed by atoms with Crippen molar-refractivity contribution in [2.45, 2.75) is 0 Å². The molecular formula is C10H7BrClIN2. The zero-order chi connectivity index (χ0) is 11.1. The summed E-state index contributed by atoms with van der Waals surface area (Å²) in [5.41, 5.74) is 0. The van der Waals surface area contributed by atoms with Crippen molar-refractivity contribution in [1.29, 1.82) is 0 Å². The molecule has 0 saturated heterocycles. The standard InChI is InChI=1S/C5H4BrN.C5H3ClIN/c6-5-3-1-2-4-7-5;6-5-3-4(7)1-2-8-5/h1-4H;1-3H. The van der Waals surface area contributed by atoms with Gasteiger partial charge in [0, 0.05) is 16.0 Å². The van der Waals surface area contributed by atoms with E-state index in [0.29, 0.717) is 5.15 Å². The van der Waals surface area contributed by atoms with Crippen LogP contribution in [0, 0.1) is 3.57 Å². The first kappa shape index (κ1) is 12.9. The van der Waals surface area contributed by atoms with Gasteiger partial charge in [-0.3, -0.25) is 0 Å². The summed E-state index contributed by atoms with van der Waals surface area (Å²) in [7, 11) is 0. The van der Waals surface area contributed by atoms with Crippen molar-refractivity contribution >= 4 is 50.1 Å². The molecule has 15 heavy (non-hydrogen) atoms. The van der Waals surface area contributed by atoms with Gasteiger partial charge in [-0.15, -0.1) is 0 Å². The minimum absolute atomic E-state index is 0.553. The number of hydrogen-bond donors (Lipinski definition) is 0. The van der Waals surface area contributed by atoms with Gasteiger partial charge in [0.05, 0.1) is 0 Å². The summed E-state index contributed by atoms with van der Waals surface area (Å²) >= 11 is 10.9. The summed E-state index contributed by atoms with van der Waals surface area (Å²) in [4.78, 5) is 7.70. The molecule has 0 aliphatic heterocycles. The van der Waals surface area contributed by atoms with E-state index in [4.69, 9.17) is 11.6 Å². The van der Waals surface area contributed by atoms with Crippen LogP contribution in [-0.2, 0) is 0 Å². The van der Waals surface area contributed by atoms with Gasteiger partial charge in [0.15, 0.2) is 0 Å². The second kappa shape index (κ2) is 7.14. The van der Waals surface area contributed by atoms with E-state index in [1.54, 1.807) is 12.4 Å². The molecule has 0 aromatic carbocycles. The van der Waals surface area contributed by atoms with Gasteiger partial charge in [0.2, 0.25) is 0 Å². The molecule has 0 saturated carbocycles. The van der Waals surface area contributed by atoms with Gasteiger partial charge in [-0.25, -0.2) is 9.97 Å². The molecule has 2 heterocycles. The first-order valence-corrected chi connectivity index (χ1v) is 6.27. The highest BCUT2D eigenvalue weighted by molar-refractivity contribution is 14.1. The lowest BCUT2D eigenvalue weighted by atomic mass is 10.5. The van der Waals surface area contributed by atoms with Crippen LogP contribution < -0.4 is 0 Å². The molecule has 78 valence electrons. The van der Waals surface area contributed by atoms with Gasteiger partial charge in [-0.2, -0.15) is 0 Å². The molecule has 0 bridgehead atoms. The Morgan fingerprint density at radius 3 is 2.27 bits per heavy atom. The lowest BCUT2D eigenvalue weighted by Gasteiger charge is -1.86. The predicted octanol–water partition coefficient (Wildman–Crippen LogP) is 4.18. The van der Waals surface area contributed by atoms with E-state index < -0.39 is 0 Å². The summed E-state index contributed by atoms with van der Waals surface area (Å²) < 4.78 is 2.00. The number of nitrogens with zero attached hydrogens (tertiary/aromatic N) is 2. The highest BCUT2D eigenvalue weighted by atomic mass is 127. The largest absolute Gasteiger partial charge is 0.249 e. The smallest absolute Gasteiger partial charge is 0.130 e. The average molecular weight is 397 g/mol. The van der Waals surface area contributed by atoms with E-state index >= 15 is 0 Å². The zero-order valence-electron chi connectivity index (χ0n) is 7.57. The Bertz CT molecular complexity index is 394. The van der Waals surface area contributed by atoms with Gasteiger partial charge in [0.25, 0.3) is 0 Å². The number of hydrogen-bond acceptors (Lipinski definition) is 2. The average Bonchev–Trinajstić information content (AvgIpc) is 2.19. The SMILES string of the molecule is Brc1ccccn1.Clc1cc(I)ccn1. The summed E-state index contributed by atoms with van der Waals surface area (Å²) in [6, 6.07) is 9.40. The Kier molecular flexibility index (Phi) is 6.12. The third-order valence-electron chi connectivity index (χ3n) is 1.32. The second-order valence-electron chi connectivity index (χ2n) is 2.45. The molecule has 2 rings (SSSR count). The van der Waals surface area contributed by atoms with Crippen molar-refractivity contribution in [1.82, 2.24) is 9.97 Å². The fraction of sp³-hybridized carbons (Fsp3) is 0. The molecule has 0 radical (unpaired) electrons. The summed E-state index contributed by atoms with van der Waals surface area (Å²) in [5.74, 6) is 0. The van der Waals surface area contributed by atoms with E-state index in [2.05, 4.69) is 48.5 Å². The lowest BCUT2D eigenvalue weighted by Crippen LogP contribution is -1.72. The molecule has 5 heteroatoms. The van der Waals surface area contributed by atoms with Gasteiger partial charge in [-0.1, -0.05) is 17.7 Å². The maximum absolute atomic E-state index is 5.53. The molecule has 0 amide bonds. The first-order chi connectivity index (χ1) is 7.18. The Hall–Kier alpha value is -0.200. The molecule has 0 N–H and O–H groups in total. The maximum Gasteiger partial charge on any atom is 0.130 e. The highest BCUT2D eigenvalue weighted by Gasteiger charge is 1.85. The monoisotopic (exact) mass is 396 g/mol. The molecule has 0 atom stereocenters. The van der Waals surface area contributed by atoms with Gasteiger partial charge < -0.3 is 0 Å². The van der Waals surface area contributed by atoms with Crippen LogP contribution in [0.2, 0.25) is 5.15 Å². The maximum atomic E-state index is 5.53. The fourth-order valence-corrected chi connectivity index (χ4v) is 1.81. The Morgan fingerprint density at radius 2 is 1.93 bits per heavy atom. The van der Waals surface area contributed by atoms with Gasteiger partial charge in [0.1, 0.15) is 9.76 Å². The predicted molar refractivity (Wildman–Crippen MR) is 73.9 cm³/mol. The third kappa shape index (κ3) is 6.06. The van der Waals surface area contributed by atoms with Crippen LogP contribution in [0.15, 0.2) is 47.3 Å². The minimum Gasteiger partial charge on any atom is -0.249 e. The lowest BCUT2D eigenvalue weighted by molar-refractivity contribution is 1.28. The minimum atomic E-state index is 0.553. The first-order valence-electron chi connectivity index (χ1n) is 4.02. The van der Waals surface area contributed by atoms with Crippen LogP contribution in [0.1, 0.15) is 0 Å². The van der Waals surface area contributed by atoms with Crippen molar-refractivity contribution in [3.05, 3.63) is 56.1 Å².